The lowest BCUT2D eigenvalue weighted by Crippen LogP contribution is -2.50. The number of aromatic nitrogens is 3. The molecule has 2 aromatic heterocycles. The average molecular weight is 539 g/mol. The Labute approximate surface area is 224 Å². The first-order valence-corrected chi connectivity index (χ1v) is 12.6. The van der Waals surface area contributed by atoms with Gasteiger partial charge >= 0.3 is 0 Å². The van der Waals surface area contributed by atoms with Gasteiger partial charge in [-0.2, -0.15) is 0 Å². The number of anilines is 2. The Hall–Kier alpha value is -3.73. The molecule has 1 fully saturated rings. The van der Waals surface area contributed by atoms with Crippen molar-refractivity contribution in [3.63, 3.8) is 0 Å². The zero-order valence-electron chi connectivity index (χ0n) is 21.0. The summed E-state index contributed by atoms with van der Waals surface area (Å²) in [6.45, 7) is 1.41. The van der Waals surface area contributed by atoms with Gasteiger partial charge in [-0.05, 0) is 56.3 Å². The van der Waals surface area contributed by atoms with Gasteiger partial charge in [-0.1, -0.05) is 11.6 Å². The number of methoxy groups -OCH3 is 1. The van der Waals surface area contributed by atoms with Crippen LogP contribution in [0.15, 0.2) is 55.0 Å². The second-order valence-electron chi connectivity index (χ2n) is 9.33. The average Bonchev–Trinajstić information content (AvgIpc) is 3.34. The maximum Gasteiger partial charge on any atom is 0.255 e. The molecule has 0 saturated carbocycles. The Kier molecular flexibility index (Phi) is 7.20. The second kappa shape index (κ2) is 10.6. The molecule has 0 spiro atoms. The third kappa shape index (κ3) is 5.02. The van der Waals surface area contributed by atoms with Crippen molar-refractivity contribution < 1.29 is 19.0 Å². The van der Waals surface area contributed by atoms with Crippen molar-refractivity contribution >= 4 is 34.7 Å². The van der Waals surface area contributed by atoms with Gasteiger partial charge in [0.15, 0.2) is 23.0 Å². The van der Waals surface area contributed by atoms with Crippen LogP contribution in [0, 0.1) is 5.82 Å². The highest BCUT2D eigenvalue weighted by atomic mass is 35.5. The Morgan fingerprint density at radius 2 is 2.00 bits per heavy atom. The van der Waals surface area contributed by atoms with Gasteiger partial charge in [0.25, 0.3) is 5.91 Å². The maximum atomic E-state index is 14.3. The summed E-state index contributed by atoms with van der Waals surface area (Å²) in [6.07, 6.45) is 6.01. The lowest BCUT2D eigenvalue weighted by molar-refractivity contribution is -0.0143. The van der Waals surface area contributed by atoms with Gasteiger partial charge in [0.2, 0.25) is 0 Å². The molecule has 0 unspecified atom stereocenters. The minimum Gasteiger partial charge on any atom is -0.494 e. The molecule has 1 aliphatic heterocycles. The zero-order chi connectivity index (χ0) is 26.9. The summed E-state index contributed by atoms with van der Waals surface area (Å²) < 4.78 is 21.1. The molecule has 0 aliphatic carbocycles. The van der Waals surface area contributed by atoms with Crippen molar-refractivity contribution in [3.8, 4) is 17.0 Å². The summed E-state index contributed by atoms with van der Waals surface area (Å²) in [6, 6.07) is 9.84. The predicted molar refractivity (Wildman–Crippen MR) is 144 cm³/mol. The molecule has 3 N–H and O–H groups in total. The number of amides is 1. The van der Waals surface area contributed by atoms with E-state index in [9.17, 15) is 14.3 Å². The number of hydrogen-bond donors (Lipinski definition) is 3. The molecule has 5 rings (SSSR count). The number of benzene rings is 2. The lowest BCUT2D eigenvalue weighted by Gasteiger charge is -2.38. The lowest BCUT2D eigenvalue weighted by atomic mass is 9.91. The Morgan fingerprint density at radius 3 is 2.68 bits per heavy atom. The smallest absolute Gasteiger partial charge is 0.255 e. The number of piperidine rings is 1. The fourth-order valence-corrected chi connectivity index (χ4v) is 5.01. The van der Waals surface area contributed by atoms with E-state index >= 15 is 0 Å². The van der Waals surface area contributed by atoms with Gasteiger partial charge in [0, 0.05) is 43.3 Å². The number of rotatable bonds is 7. The van der Waals surface area contributed by atoms with Gasteiger partial charge in [-0.25, -0.2) is 14.4 Å². The number of halogens is 2. The van der Waals surface area contributed by atoms with E-state index in [4.69, 9.17) is 16.3 Å². The van der Waals surface area contributed by atoms with E-state index in [1.54, 1.807) is 60.9 Å². The first-order valence-electron chi connectivity index (χ1n) is 12.2. The van der Waals surface area contributed by atoms with Crippen molar-refractivity contribution in [2.24, 2.45) is 0 Å². The maximum absolute atomic E-state index is 14.3. The van der Waals surface area contributed by atoms with E-state index < -0.39 is 11.4 Å². The van der Waals surface area contributed by atoms with Crippen molar-refractivity contribution in [1.82, 2.24) is 24.6 Å². The number of likely N-dealkylation sites (N-methyl/N-ethyl adjacent to an activating group) is 1. The summed E-state index contributed by atoms with van der Waals surface area (Å²) >= 11 is 6.52. The first kappa shape index (κ1) is 25.9. The number of nitrogens with one attached hydrogen (secondary N) is 2. The van der Waals surface area contributed by atoms with Gasteiger partial charge in [-0.15, -0.1) is 0 Å². The third-order valence-electron chi connectivity index (χ3n) is 6.83. The van der Waals surface area contributed by atoms with Crippen LogP contribution in [-0.2, 0) is 0 Å². The molecule has 198 valence electrons. The van der Waals surface area contributed by atoms with Crippen molar-refractivity contribution in [3.05, 3.63) is 71.4 Å². The Balaban J connectivity index is 1.34. The van der Waals surface area contributed by atoms with E-state index in [0.717, 1.165) is 0 Å². The number of nitrogens with zero attached hydrogens (tertiary/aromatic N) is 4. The number of likely N-dealkylation sites (tertiary alicyclic amines) is 1. The number of carbonyl (C=O) groups excluding carboxylic acids is 1. The van der Waals surface area contributed by atoms with Crippen molar-refractivity contribution in [2.45, 2.75) is 18.4 Å². The molecule has 1 aliphatic rings. The van der Waals surface area contributed by atoms with Crippen LogP contribution in [0.4, 0.5) is 15.9 Å². The fourth-order valence-electron chi connectivity index (χ4n) is 4.75. The highest BCUT2D eigenvalue weighted by Gasteiger charge is 2.34. The topological polar surface area (TPSA) is 104 Å². The summed E-state index contributed by atoms with van der Waals surface area (Å²) in [5.41, 5.74) is 2.10. The normalized spacial score (nSPS) is 15.0. The molecule has 0 atom stereocenters. The van der Waals surface area contributed by atoms with Gasteiger partial charge in [0.05, 0.1) is 35.2 Å². The van der Waals surface area contributed by atoms with E-state index in [2.05, 4.69) is 20.6 Å². The number of aliphatic hydroxyl groups is 1. The predicted octanol–water partition coefficient (Wildman–Crippen LogP) is 4.13. The molecule has 38 heavy (non-hydrogen) atoms. The van der Waals surface area contributed by atoms with E-state index in [0.29, 0.717) is 71.5 Å². The Bertz CT molecular complexity index is 1490. The van der Waals surface area contributed by atoms with Gasteiger partial charge in [0.1, 0.15) is 0 Å². The Morgan fingerprint density at radius 1 is 1.21 bits per heavy atom. The van der Waals surface area contributed by atoms with Crippen LogP contribution in [0.25, 0.3) is 16.9 Å². The molecule has 11 heteroatoms. The van der Waals surface area contributed by atoms with Crippen LogP contribution in [0.1, 0.15) is 23.2 Å². The summed E-state index contributed by atoms with van der Waals surface area (Å²) in [4.78, 5) is 23.7. The highest BCUT2D eigenvalue weighted by Crippen LogP contribution is 2.30. The summed E-state index contributed by atoms with van der Waals surface area (Å²) in [7, 11) is 3.22. The van der Waals surface area contributed by atoms with Crippen molar-refractivity contribution in [1.29, 1.82) is 0 Å². The quantitative estimate of drug-likeness (QED) is 0.325. The monoisotopic (exact) mass is 538 g/mol. The van der Waals surface area contributed by atoms with Crippen LogP contribution in [0.2, 0.25) is 5.02 Å². The van der Waals surface area contributed by atoms with Gasteiger partial charge < -0.3 is 25.4 Å². The molecule has 0 bridgehead atoms. The van der Waals surface area contributed by atoms with Crippen LogP contribution in [0.5, 0.6) is 5.75 Å². The third-order valence-corrected chi connectivity index (χ3v) is 7.14. The van der Waals surface area contributed by atoms with Crippen LogP contribution in [0.3, 0.4) is 0 Å². The van der Waals surface area contributed by atoms with E-state index in [1.165, 1.54) is 13.2 Å². The molecule has 0 radical (unpaired) electrons. The number of fused-ring (bicyclic) bond motifs is 1. The molecule has 4 aromatic rings. The second-order valence-corrected chi connectivity index (χ2v) is 9.74. The zero-order valence-corrected chi connectivity index (χ0v) is 21.8. The molecular formula is C27H28ClFN6O3. The van der Waals surface area contributed by atoms with Crippen LogP contribution < -0.4 is 15.4 Å². The number of carbonyl (C=O) groups is 1. The molecule has 2 aromatic carbocycles. The van der Waals surface area contributed by atoms with Crippen LogP contribution >= 0.6 is 11.6 Å². The fraction of sp³-hybridized carbons (Fsp3) is 0.296. The minimum atomic E-state index is -0.800. The van der Waals surface area contributed by atoms with Crippen molar-refractivity contribution in [2.75, 3.05) is 39.1 Å². The van der Waals surface area contributed by atoms with Crippen LogP contribution in [-0.4, -0.2) is 69.7 Å². The molecule has 3 heterocycles. The van der Waals surface area contributed by atoms with Gasteiger partial charge in [-0.3, -0.25) is 9.20 Å². The minimum absolute atomic E-state index is 0.168. The molecule has 9 nitrogen and oxygen atoms in total. The SMILES string of the molecule is CNCC1(O)CCN(C(=O)c2ccc(Nc3nccn4c(-c5ccc(OC)c(F)c5)cnc34)cc2Cl)CC1. The highest BCUT2D eigenvalue weighted by molar-refractivity contribution is 6.34. The molecule has 1 saturated heterocycles. The summed E-state index contributed by atoms with van der Waals surface area (Å²) in [5.74, 6) is 0.0106. The number of ether oxygens (including phenoxy) is 1. The van der Waals surface area contributed by atoms with E-state index in [1.807, 2.05) is 4.40 Å². The van der Waals surface area contributed by atoms with E-state index in [-0.39, 0.29) is 11.7 Å². The summed E-state index contributed by atoms with van der Waals surface area (Å²) in [5, 5.41) is 17.1. The standard InChI is InChI=1S/C27H28ClFN6O3/c1-30-16-27(37)7-10-34(11-8-27)26(36)19-5-4-18(14-20(19)28)33-24-25-32-15-22(35(25)12-9-31-24)17-3-6-23(38-2)21(29)13-17/h3-6,9,12-15,30,37H,7-8,10-11,16H2,1-2H3,(H,31,33). The molecular weight excluding hydrogens is 511 g/mol. The number of imidazole rings is 1. The largest absolute Gasteiger partial charge is 0.494 e. The molecule has 1 amide bonds. The number of hydrogen-bond acceptors (Lipinski definition) is 7. The first-order chi connectivity index (χ1) is 18.3.